The fourth-order valence-corrected chi connectivity index (χ4v) is 4.41. The Kier molecular flexibility index (Phi) is 4.58. The summed E-state index contributed by atoms with van der Waals surface area (Å²) >= 11 is 0. The third-order valence-electron chi connectivity index (χ3n) is 5.80. The van der Waals surface area contributed by atoms with Gasteiger partial charge >= 0.3 is 6.03 Å². The molecule has 3 amide bonds. The van der Waals surface area contributed by atoms with E-state index in [1.54, 1.807) is 12.0 Å². The molecule has 3 aliphatic rings. The second kappa shape index (κ2) is 6.89. The zero-order valence-corrected chi connectivity index (χ0v) is 15.2. The Hall–Kier alpha value is -2.12. The van der Waals surface area contributed by atoms with Gasteiger partial charge in [0.15, 0.2) is 0 Å². The van der Waals surface area contributed by atoms with Gasteiger partial charge in [-0.15, -0.1) is 0 Å². The predicted octanol–water partition coefficient (Wildman–Crippen LogP) is 1.30. The summed E-state index contributed by atoms with van der Waals surface area (Å²) in [5, 5.41) is 5.97. The maximum atomic E-state index is 12.8. The van der Waals surface area contributed by atoms with E-state index in [-0.39, 0.29) is 30.0 Å². The van der Waals surface area contributed by atoms with Gasteiger partial charge in [0.05, 0.1) is 12.7 Å². The molecule has 0 bridgehead atoms. The minimum Gasteiger partial charge on any atom is -0.384 e. The molecule has 2 saturated heterocycles. The van der Waals surface area contributed by atoms with Crippen molar-refractivity contribution in [1.29, 1.82) is 0 Å². The number of hydrogen-bond donors (Lipinski definition) is 2. The minimum atomic E-state index is -0.115. The van der Waals surface area contributed by atoms with E-state index in [1.165, 1.54) is 0 Å². The Morgan fingerprint density at radius 1 is 1.46 bits per heavy atom. The van der Waals surface area contributed by atoms with E-state index in [2.05, 4.69) is 10.6 Å². The molecular weight excluding hydrogens is 334 g/mol. The van der Waals surface area contributed by atoms with Gasteiger partial charge in [-0.3, -0.25) is 9.69 Å². The Morgan fingerprint density at radius 3 is 3.04 bits per heavy atom. The van der Waals surface area contributed by atoms with Crippen LogP contribution in [-0.4, -0.2) is 57.5 Å². The van der Waals surface area contributed by atoms with Crippen molar-refractivity contribution < 1.29 is 19.1 Å². The summed E-state index contributed by atoms with van der Waals surface area (Å²) in [6, 6.07) is 5.48. The number of anilines is 1. The molecule has 4 atom stereocenters. The molecule has 1 aromatic rings. The van der Waals surface area contributed by atoms with Crippen molar-refractivity contribution in [3.63, 3.8) is 0 Å². The number of benzene rings is 1. The number of aryl methyl sites for hydroxylation is 1. The van der Waals surface area contributed by atoms with Crippen molar-refractivity contribution in [2.45, 2.75) is 25.5 Å². The number of methoxy groups -OCH3 is 1. The van der Waals surface area contributed by atoms with Crippen LogP contribution < -0.4 is 15.5 Å². The third kappa shape index (κ3) is 2.85. The lowest BCUT2D eigenvalue weighted by Crippen LogP contribution is -2.62. The molecule has 2 heterocycles. The Balaban J connectivity index is 1.50. The smallest absolute Gasteiger partial charge is 0.322 e. The molecule has 0 spiro atoms. The number of rotatable bonds is 5. The quantitative estimate of drug-likeness (QED) is 0.831. The third-order valence-corrected chi connectivity index (χ3v) is 5.80. The van der Waals surface area contributed by atoms with E-state index in [1.807, 2.05) is 25.1 Å². The van der Waals surface area contributed by atoms with E-state index in [9.17, 15) is 9.59 Å². The monoisotopic (exact) mass is 359 g/mol. The van der Waals surface area contributed by atoms with Crippen molar-refractivity contribution in [3.05, 3.63) is 29.3 Å². The van der Waals surface area contributed by atoms with Crippen molar-refractivity contribution in [1.82, 2.24) is 10.6 Å². The van der Waals surface area contributed by atoms with Gasteiger partial charge in [-0.2, -0.15) is 0 Å². The maximum Gasteiger partial charge on any atom is 0.322 e. The molecule has 7 nitrogen and oxygen atoms in total. The summed E-state index contributed by atoms with van der Waals surface area (Å²) < 4.78 is 11.1. The van der Waals surface area contributed by atoms with E-state index in [0.717, 1.165) is 24.3 Å². The number of nitrogens with one attached hydrogen (secondary N) is 2. The average Bonchev–Trinajstić information content (AvgIpc) is 3.24. The number of carbonyl (C=O) groups is 2. The fraction of sp³-hybridized carbons (Fsp3) is 0.579. The number of nitrogens with zero attached hydrogens (tertiary/aromatic N) is 1. The number of ether oxygens (including phenoxy) is 2. The molecule has 3 fully saturated rings. The number of carbonyl (C=O) groups excluding carboxylic acids is 2. The summed E-state index contributed by atoms with van der Waals surface area (Å²) in [4.78, 5) is 26.5. The van der Waals surface area contributed by atoms with Crippen molar-refractivity contribution in [2.75, 3.05) is 38.3 Å². The molecule has 4 rings (SSSR count). The van der Waals surface area contributed by atoms with Gasteiger partial charge in [0.25, 0.3) is 5.91 Å². The summed E-state index contributed by atoms with van der Waals surface area (Å²) in [6.45, 7) is 4.52. The molecule has 0 radical (unpaired) electrons. The van der Waals surface area contributed by atoms with Gasteiger partial charge in [-0.25, -0.2) is 4.79 Å². The van der Waals surface area contributed by atoms with Crippen LogP contribution in [0.25, 0.3) is 0 Å². The standard InChI is InChI=1S/C19H25N3O4/c1-11-3-4-12(9-15(11)22-7-6-20-19(22)24)18(23)21-16-13-5-8-26-17(13)14(16)10-25-2/h3-4,9,13-14,16-17H,5-8,10H2,1-2H3,(H,20,24)(H,21,23)/t13-,14-,16-,17-/m0/s1. The zero-order valence-electron chi connectivity index (χ0n) is 15.2. The summed E-state index contributed by atoms with van der Waals surface area (Å²) in [5.74, 6) is 0.460. The SMILES string of the molecule is COC[C@H]1[C@@H](NC(=O)c2ccc(C)c(N3CCNC3=O)c2)[C@@H]2CCO[C@@H]21. The van der Waals surface area contributed by atoms with Crippen LogP contribution in [0, 0.1) is 18.8 Å². The molecule has 2 aliphatic heterocycles. The van der Waals surface area contributed by atoms with Crippen LogP contribution in [0.1, 0.15) is 22.3 Å². The molecule has 7 heteroatoms. The predicted molar refractivity (Wildman–Crippen MR) is 96.4 cm³/mol. The van der Waals surface area contributed by atoms with Crippen LogP contribution in [0.5, 0.6) is 0 Å². The van der Waals surface area contributed by atoms with Gasteiger partial charge in [0.1, 0.15) is 0 Å². The first-order chi connectivity index (χ1) is 12.6. The largest absolute Gasteiger partial charge is 0.384 e. The Bertz CT molecular complexity index is 723. The number of urea groups is 1. The molecule has 0 aromatic heterocycles. The van der Waals surface area contributed by atoms with Crippen LogP contribution in [0.3, 0.4) is 0 Å². The fourth-order valence-electron chi connectivity index (χ4n) is 4.41. The molecule has 1 aliphatic carbocycles. The first-order valence-corrected chi connectivity index (χ1v) is 9.17. The van der Waals surface area contributed by atoms with Crippen molar-refractivity contribution in [3.8, 4) is 0 Å². The Morgan fingerprint density at radius 2 is 2.31 bits per heavy atom. The second-order valence-corrected chi connectivity index (χ2v) is 7.29. The first-order valence-electron chi connectivity index (χ1n) is 9.17. The van der Waals surface area contributed by atoms with Gasteiger partial charge in [-0.1, -0.05) is 6.07 Å². The van der Waals surface area contributed by atoms with Crippen LogP contribution in [-0.2, 0) is 9.47 Å². The highest BCUT2D eigenvalue weighted by Gasteiger charge is 2.54. The van der Waals surface area contributed by atoms with Gasteiger partial charge in [0.2, 0.25) is 0 Å². The molecule has 1 aromatic carbocycles. The second-order valence-electron chi connectivity index (χ2n) is 7.29. The zero-order chi connectivity index (χ0) is 18.3. The topological polar surface area (TPSA) is 79.9 Å². The lowest BCUT2D eigenvalue weighted by molar-refractivity contribution is -0.0809. The Labute approximate surface area is 153 Å². The first kappa shape index (κ1) is 17.3. The molecule has 140 valence electrons. The van der Waals surface area contributed by atoms with Crippen molar-refractivity contribution in [2.24, 2.45) is 11.8 Å². The highest BCUT2D eigenvalue weighted by molar-refractivity contribution is 5.99. The molecule has 0 unspecified atom stereocenters. The van der Waals surface area contributed by atoms with Crippen LogP contribution in [0.4, 0.5) is 10.5 Å². The highest BCUT2D eigenvalue weighted by atomic mass is 16.5. The van der Waals surface area contributed by atoms with Crippen LogP contribution in [0.2, 0.25) is 0 Å². The summed E-state index contributed by atoms with van der Waals surface area (Å²) in [5.41, 5.74) is 2.34. The number of fused-ring (bicyclic) bond motifs is 1. The highest BCUT2D eigenvalue weighted by Crippen LogP contribution is 2.43. The van der Waals surface area contributed by atoms with Gasteiger partial charge in [-0.05, 0) is 31.0 Å². The van der Waals surface area contributed by atoms with E-state index >= 15 is 0 Å². The minimum absolute atomic E-state index is 0.0785. The van der Waals surface area contributed by atoms with Crippen LogP contribution in [0.15, 0.2) is 18.2 Å². The molecule has 26 heavy (non-hydrogen) atoms. The lowest BCUT2D eigenvalue weighted by atomic mass is 9.67. The van der Waals surface area contributed by atoms with E-state index in [4.69, 9.17) is 9.47 Å². The normalized spacial score (nSPS) is 29.9. The molecule has 2 N–H and O–H groups in total. The number of amides is 3. The van der Waals surface area contributed by atoms with Crippen molar-refractivity contribution >= 4 is 17.6 Å². The van der Waals surface area contributed by atoms with Gasteiger partial charge in [0, 0.05) is 55.9 Å². The average molecular weight is 359 g/mol. The molecule has 1 saturated carbocycles. The summed E-state index contributed by atoms with van der Waals surface area (Å²) in [6.07, 6.45) is 1.17. The molecular formula is C19H25N3O4. The number of hydrogen-bond acceptors (Lipinski definition) is 4. The van der Waals surface area contributed by atoms with Crippen LogP contribution >= 0.6 is 0 Å². The lowest BCUT2D eigenvalue weighted by Gasteiger charge is -2.47. The van der Waals surface area contributed by atoms with E-state index < -0.39 is 0 Å². The van der Waals surface area contributed by atoms with Gasteiger partial charge < -0.3 is 20.1 Å². The summed E-state index contributed by atoms with van der Waals surface area (Å²) in [7, 11) is 1.68. The maximum absolute atomic E-state index is 12.8. The van der Waals surface area contributed by atoms with E-state index in [0.29, 0.717) is 31.2 Å².